The Balaban J connectivity index is 2.08. The molecule has 2 rings (SSSR count). The van der Waals surface area contributed by atoms with Gasteiger partial charge in [0.1, 0.15) is 11.9 Å². The maximum atomic E-state index is 5.63. The third-order valence-electron chi connectivity index (χ3n) is 2.23. The van der Waals surface area contributed by atoms with Crippen LogP contribution < -0.4 is 10.5 Å². The summed E-state index contributed by atoms with van der Waals surface area (Å²) >= 11 is 0. The normalized spacial score (nSPS) is 12.1. The van der Waals surface area contributed by atoms with Crippen LogP contribution in [0.25, 0.3) is 0 Å². The summed E-state index contributed by atoms with van der Waals surface area (Å²) < 4.78 is 5.63. The number of ether oxygens (including phenoxy) is 1. The van der Waals surface area contributed by atoms with Gasteiger partial charge in [-0.15, -0.1) is 10.2 Å². The third-order valence-corrected chi connectivity index (χ3v) is 2.23. The number of benzene rings is 1. The van der Waals surface area contributed by atoms with Gasteiger partial charge in [0.2, 0.25) is 5.88 Å². The molecule has 1 aromatic heterocycles. The van der Waals surface area contributed by atoms with Crippen LogP contribution in [0.4, 0.5) is 5.82 Å². The molecule has 0 saturated heterocycles. The van der Waals surface area contributed by atoms with Crippen LogP contribution in [0.1, 0.15) is 18.6 Å². The Labute approximate surface area is 94.1 Å². The zero-order chi connectivity index (χ0) is 11.4. The number of nitrogen functional groups attached to an aromatic ring is 1. The van der Waals surface area contributed by atoms with Crippen molar-refractivity contribution in [3.8, 4) is 5.88 Å². The summed E-state index contributed by atoms with van der Waals surface area (Å²) in [6.07, 6.45) is -0.0564. The van der Waals surface area contributed by atoms with E-state index >= 15 is 0 Å². The van der Waals surface area contributed by atoms with Gasteiger partial charge in [-0.2, -0.15) is 0 Å². The Morgan fingerprint density at radius 1 is 1.06 bits per heavy atom. The first-order valence-corrected chi connectivity index (χ1v) is 5.06. The molecule has 0 aliphatic rings. The number of hydrogen-bond acceptors (Lipinski definition) is 4. The predicted molar refractivity (Wildman–Crippen MR) is 61.9 cm³/mol. The lowest BCUT2D eigenvalue weighted by atomic mass is 10.1. The zero-order valence-corrected chi connectivity index (χ0v) is 9.00. The number of rotatable bonds is 3. The number of nitrogens with zero attached hydrogens (tertiary/aromatic N) is 2. The lowest BCUT2D eigenvalue weighted by Gasteiger charge is -2.13. The molecular formula is C12H13N3O. The van der Waals surface area contributed by atoms with Crippen molar-refractivity contribution in [3.63, 3.8) is 0 Å². The molecule has 2 N–H and O–H groups in total. The average Bonchev–Trinajstić information content (AvgIpc) is 2.33. The Kier molecular flexibility index (Phi) is 3.00. The minimum Gasteiger partial charge on any atom is -0.469 e. The molecule has 1 heterocycles. The van der Waals surface area contributed by atoms with Gasteiger partial charge in [0.25, 0.3) is 0 Å². The van der Waals surface area contributed by atoms with Crippen molar-refractivity contribution in [1.29, 1.82) is 0 Å². The largest absolute Gasteiger partial charge is 0.469 e. The summed E-state index contributed by atoms with van der Waals surface area (Å²) in [4.78, 5) is 0. The summed E-state index contributed by atoms with van der Waals surface area (Å²) in [5.74, 6) is 0.866. The van der Waals surface area contributed by atoms with E-state index in [9.17, 15) is 0 Å². The second-order valence-corrected chi connectivity index (χ2v) is 3.47. The summed E-state index contributed by atoms with van der Waals surface area (Å²) in [5.41, 5.74) is 6.54. The highest BCUT2D eigenvalue weighted by atomic mass is 16.5. The van der Waals surface area contributed by atoms with Crippen molar-refractivity contribution in [2.24, 2.45) is 0 Å². The maximum Gasteiger partial charge on any atom is 0.234 e. The van der Waals surface area contributed by atoms with E-state index in [-0.39, 0.29) is 6.10 Å². The van der Waals surface area contributed by atoms with Gasteiger partial charge in [0.05, 0.1) is 0 Å². The molecule has 0 aliphatic carbocycles. The number of nitrogens with two attached hydrogens (primary N) is 1. The smallest absolute Gasteiger partial charge is 0.234 e. The highest BCUT2D eigenvalue weighted by molar-refractivity contribution is 5.28. The topological polar surface area (TPSA) is 61.0 Å². The fourth-order valence-corrected chi connectivity index (χ4v) is 1.37. The van der Waals surface area contributed by atoms with Gasteiger partial charge in [-0.05, 0) is 18.6 Å². The van der Waals surface area contributed by atoms with E-state index in [0.29, 0.717) is 11.7 Å². The van der Waals surface area contributed by atoms with E-state index < -0.39 is 0 Å². The molecule has 82 valence electrons. The highest BCUT2D eigenvalue weighted by Crippen LogP contribution is 2.19. The molecule has 4 nitrogen and oxygen atoms in total. The van der Waals surface area contributed by atoms with Crippen LogP contribution in [0.15, 0.2) is 42.5 Å². The molecule has 1 atom stereocenters. The van der Waals surface area contributed by atoms with E-state index in [2.05, 4.69) is 10.2 Å². The molecular weight excluding hydrogens is 202 g/mol. The van der Waals surface area contributed by atoms with Gasteiger partial charge >= 0.3 is 0 Å². The van der Waals surface area contributed by atoms with E-state index in [1.807, 2.05) is 37.3 Å². The summed E-state index contributed by atoms with van der Waals surface area (Å²) in [7, 11) is 0. The standard InChI is InChI=1S/C12H13N3O/c1-9(10-5-3-2-4-6-10)16-12-8-7-11(13)14-15-12/h2-9H,1H3,(H2,13,14). The molecule has 4 heteroatoms. The Morgan fingerprint density at radius 2 is 1.81 bits per heavy atom. The Morgan fingerprint density at radius 3 is 2.44 bits per heavy atom. The van der Waals surface area contributed by atoms with Crippen molar-refractivity contribution < 1.29 is 4.74 Å². The minimum absolute atomic E-state index is 0.0564. The molecule has 0 aliphatic heterocycles. The second-order valence-electron chi connectivity index (χ2n) is 3.47. The van der Waals surface area contributed by atoms with E-state index in [0.717, 1.165) is 5.56 Å². The number of anilines is 1. The van der Waals surface area contributed by atoms with Crippen LogP contribution >= 0.6 is 0 Å². The van der Waals surface area contributed by atoms with Crippen molar-refractivity contribution >= 4 is 5.82 Å². The first-order chi connectivity index (χ1) is 7.75. The summed E-state index contributed by atoms with van der Waals surface area (Å²) in [5, 5.41) is 7.58. The quantitative estimate of drug-likeness (QED) is 0.852. The average molecular weight is 215 g/mol. The number of hydrogen-bond donors (Lipinski definition) is 1. The maximum absolute atomic E-state index is 5.63. The van der Waals surface area contributed by atoms with Gasteiger partial charge in [-0.3, -0.25) is 0 Å². The molecule has 2 aromatic rings. The van der Waals surface area contributed by atoms with Crippen LogP contribution in [0.3, 0.4) is 0 Å². The van der Waals surface area contributed by atoms with Crippen LogP contribution in [-0.4, -0.2) is 10.2 Å². The van der Waals surface area contributed by atoms with Crippen LogP contribution in [0, 0.1) is 0 Å². The SMILES string of the molecule is CC(Oc1ccc(N)nn1)c1ccccc1. The Hall–Kier alpha value is -2.10. The van der Waals surface area contributed by atoms with Crippen LogP contribution in [-0.2, 0) is 0 Å². The Bertz CT molecular complexity index is 442. The van der Waals surface area contributed by atoms with Crippen LogP contribution in [0.2, 0.25) is 0 Å². The second kappa shape index (κ2) is 4.61. The van der Waals surface area contributed by atoms with E-state index in [1.54, 1.807) is 12.1 Å². The van der Waals surface area contributed by atoms with Gasteiger partial charge in [0.15, 0.2) is 0 Å². The predicted octanol–water partition coefficient (Wildman–Crippen LogP) is 2.20. The van der Waals surface area contributed by atoms with E-state index in [1.165, 1.54) is 0 Å². The first-order valence-electron chi connectivity index (χ1n) is 5.06. The fourth-order valence-electron chi connectivity index (χ4n) is 1.37. The molecule has 1 aromatic carbocycles. The molecule has 0 amide bonds. The third kappa shape index (κ3) is 2.48. The molecule has 0 bridgehead atoms. The fraction of sp³-hybridized carbons (Fsp3) is 0.167. The highest BCUT2D eigenvalue weighted by Gasteiger charge is 2.07. The minimum atomic E-state index is -0.0564. The molecule has 0 saturated carbocycles. The molecule has 1 unspecified atom stereocenters. The monoisotopic (exact) mass is 215 g/mol. The van der Waals surface area contributed by atoms with Gasteiger partial charge in [-0.25, -0.2) is 0 Å². The lowest BCUT2D eigenvalue weighted by Crippen LogP contribution is -2.05. The van der Waals surface area contributed by atoms with Crippen molar-refractivity contribution in [2.45, 2.75) is 13.0 Å². The van der Waals surface area contributed by atoms with Gasteiger partial charge in [-0.1, -0.05) is 30.3 Å². The van der Waals surface area contributed by atoms with Crippen molar-refractivity contribution in [1.82, 2.24) is 10.2 Å². The first kappa shape index (κ1) is 10.4. The van der Waals surface area contributed by atoms with Crippen molar-refractivity contribution in [2.75, 3.05) is 5.73 Å². The zero-order valence-electron chi connectivity index (χ0n) is 9.00. The molecule has 0 radical (unpaired) electrons. The van der Waals surface area contributed by atoms with Gasteiger partial charge < -0.3 is 10.5 Å². The summed E-state index contributed by atoms with van der Waals surface area (Å²) in [6.45, 7) is 1.97. The lowest BCUT2D eigenvalue weighted by molar-refractivity contribution is 0.215. The molecule has 0 spiro atoms. The van der Waals surface area contributed by atoms with Gasteiger partial charge in [0, 0.05) is 6.07 Å². The van der Waals surface area contributed by atoms with Crippen molar-refractivity contribution in [3.05, 3.63) is 48.0 Å². The van der Waals surface area contributed by atoms with E-state index in [4.69, 9.17) is 10.5 Å². The molecule has 0 fully saturated rings. The molecule has 16 heavy (non-hydrogen) atoms. The number of aromatic nitrogens is 2. The summed E-state index contributed by atoms with van der Waals surface area (Å²) in [6, 6.07) is 13.3. The van der Waals surface area contributed by atoms with Crippen LogP contribution in [0.5, 0.6) is 5.88 Å².